The Balaban J connectivity index is 1.62. The number of carbonyl (C=O) groups is 1. The normalized spacial score (nSPS) is 11.9. The van der Waals surface area contributed by atoms with Crippen LogP contribution >= 0.6 is 0 Å². The summed E-state index contributed by atoms with van der Waals surface area (Å²) in [7, 11) is 5.04. The predicted octanol–water partition coefficient (Wildman–Crippen LogP) is 4.47. The van der Waals surface area contributed by atoms with Crippen LogP contribution < -0.4 is 14.8 Å². The third kappa shape index (κ3) is 4.26. The van der Waals surface area contributed by atoms with Crippen molar-refractivity contribution in [2.75, 3.05) is 14.2 Å². The zero-order valence-electron chi connectivity index (χ0n) is 20.4. The van der Waals surface area contributed by atoms with Gasteiger partial charge in [-0.05, 0) is 30.7 Å². The summed E-state index contributed by atoms with van der Waals surface area (Å²) >= 11 is 0. The predicted molar refractivity (Wildman–Crippen MR) is 134 cm³/mol. The van der Waals surface area contributed by atoms with Gasteiger partial charge in [0, 0.05) is 31.1 Å². The molecule has 1 amide bonds. The van der Waals surface area contributed by atoms with Crippen molar-refractivity contribution < 1.29 is 18.8 Å². The molecule has 0 saturated heterocycles. The van der Waals surface area contributed by atoms with Crippen molar-refractivity contribution in [3.8, 4) is 22.8 Å². The Kier molecular flexibility index (Phi) is 6.12. The van der Waals surface area contributed by atoms with E-state index in [0.717, 1.165) is 11.1 Å². The van der Waals surface area contributed by atoms with Gasteiger partial charge in [0.1, 0.15) is 23.4 Å². The minimum absolute atomic E-state index is 0.301. The van der Waals surface area contributed by atoms with Crippen LogP contribution in [0.1, 0.15) is 33.5 Å². The summed E-state index contributed by atoms with van der Waals surface area (Å²) in [5.41, 5.74) is 3.52. The molecule has 9 heteroatoms. The fraction of sp³-hybridized carbons (Fsp3) is 0.185. The Morgan fingerprint density at radius 2 is 1.78 bits per heavy atom. The third-order valence-corrected chi connectivity index (χ3v) is 6.03. The maximum atomic E-state index is 13.9. The molecule has 0 unspecified atom stereocenters. The average molecular weight is 484 g/mol. The molecule has 0 fully saturated rings. The van der Waals surface area contributed by atoms with Gasteiger partial charge in [0.15, 0.2) is 0 Å². The monoisotopic (exact) mass is 483 g/mol. The number of ether oxygens (including phenoxy) is 2. The van der Waals surface area contributed by atoms with Gasteiger partial charge in [0.2, 0.25) is 0 Å². The molecule has 9 nitrogen and oxygen atoms in total. The van der Waals surface area contributed by atoms with Gasteiger partial charge in [0.25, 0.3) is 11.6 Å². The first kappa shape index (κ1) is 23.1. The molecule has 1 atom stereocenters. The van der Waals surface area contributed by atoms with Crippen LogP contribution in [0.25, 0.3) is 22.4 Å². The first-order valence-corrected chi connectivity index (χ1v) is 11.3. The summed E-state index contributed by atoms with van der Waals surface area (Å²) in [4.78, 5) is 23.0. The van der Waals surface area contributed by atoms with Crippen molar-refractivity contribution in [3.63, 3.8) is 0 Å². The molecule has 182 valence electrons. The molecular weight excluding hydrogens is 458 g/mol. The van der Waals surface area contributed by atoms with Crippen molar-refractivity contribution in [1.29, 1.82) is 0 Å². The lowest BCUT2D eigenvalue weighted by Gasteiger charge is -2.21. The van der Waals surface area contributed by atoms with E-state index < -0.39 is 6.04 Å². The van der Waals surface area contributed by atoms with E-state index in [1.807, 2.05) is 60.3 Å². The second-order valence-electron chi connectivity index (χ2n) is 8.32. The van der Waals surface area contributed by atoms with Crippen molar-refractivity contribution in [1.82, 2.24) is 25.0 Å². The summed E-state index contributed by atoms with van der Waals surface area (Å²) in [6, 6.07) is 16.3. The quantitative estimate of drug-likeness (QED) is 0.364. The molecule has 3 heterocycles. The summed E-state index contributed by atoms with van der Waals surface area (Å²) in [5.74, 6) is 1.53. The Morgan fingerprint density at radius 1 is 1.06 bits per heavy atom. The van der Waals surface area contributed by atoms with Crippen LogP contribution in [0.4, 0.5) is 0 Å². The number of aryl methyl sites for hydroxylation is 2. The number of pyridine rings is 1. The first-order valence-electron chi connectivity index (χ1n) is 11.3. The number of imidazole rings is 1. The molecule has 36 heavy (non-hydrogen) atoms. The SMILES string of the molecule is COc1cc(OC)cc([C@H](NC(=O)c2cc(-c3ccccc3)nc3onc(C)c23)c2nccn2C)c1. The highest BCUT2D eigenvalue weighted by molar-refractivity contribution is 6.07. The lowest BCUT2D eigenvalue weighted by Crippen LogP contribution is -2.31. The van der Waals surface area contributed by atoms with Gasteiger partial charge in [-0.2, -0.15) is 0 Å². The maximum absolute atomic E-state index is 13.9. The maximum Gasteiger partial charge on any atom is 0.259 e. The lowest BCUT2D eigenvalue weighted by molar-refractivity contribution is 0.0942. The number of carbonyl (C=O) groups excluding carboxylic acids is 1. The van der Waals surface area contributed by atoms with Crippen LogP contribution in [0.2, 0.25) is 0 Å². The minimum Gasteiger partial charge on any atom is -0.497 e. The molecule has 1 N–H and O–H groups in total. The molecule has 3 aromatic heterocycles. The van der Waals surface area contributed by atoms with Crippen molar-refractivity contribution in [2.24, 2.45) is 7.05 Å². The average Bonchev–Trinajstić information content (AvgIpc) is 3.51. The van der Waals surface area contributed by atoms with Gasteiger partial charge in [-0.15, -0.1) is 0 Å². The summed E-state index contributed by atoms with van der Waals surface area (Å²) in [5, 5.41) is 7.77. The van der Waals surface area contributed by atoms with E-state index in [1.165, 1.54) is 0 Å². The van der Waals surface area contributed by atoms with Gasteiger partial charge >= 0.3 is 0 Å². The van der Waals surface area contributed by atoms with Crippen LogP contribution in [0, 0.1) is 6.92 Å². The molecule has 0 saturated carbocycles. The van der Waals surface area contributed by atoms with Gasteiger partial charge in [0.05, 0.1) is 36.6 Å². The van der Waals surface area contributed by atoms with E-state index in [2.05, 4.69) is 20.4 Å². The number of hydrogen-bond acceptors (Lipinski definition) is 7. The Morgan fingerprint density at radius 3 is 2.42 bits per heavy atom. The van der Waals surface area contributed by atoms with E-state index in [1.54, 1.807) is 39.5 Å². The van der Waals surface area contributed by atoms with E-state index in [9.17, 15) is 4.79 Å². The van der Waals surface area contributed by atoms with Crippen molar-refractivity contribution in [2.45, 2.75) is 13.0 Å². The smallest absolute Gasteiger partial charge is 0.259 e. The largest absolute Gasteiger partial charge is 0.497 e. The van der Waals surface area contributed by atoms with Crippen LogP contribution in [0.15, 0.2) is 71.5 Å². The van der Waals surface area contributed by atoms with Crippen molar-refractivity contribution >= 4 is 17.0 Å². The third-order valence-electron chi connectivity index (χ3n) is 6.03. The molecule has 2 aromatic carbocycles. The highest BCUT2D eigenvalue weighted by Crippen LogP contribution is 2.31. The van der Waals surface area contributed by atoms with E-state index >= 15 is 0 Å². The second-order valence-corrected chi connectivity index (χ2v) is 8.32. The van der Waals surface area contributed by atoms with E-state index in [-0.39, 0.29) is 5.91 Å². The summed E-state index contributed by atoms with van der Waals surface area (Å²) < 4.78 is 18.2. The minimum atomic E-state index is -0.593. The number of fused-ring (bicyclic) bond motifs is 1. The first-order chi connectivity index (χ1) is 17.5. The van der Waals surface area contributed by atoms with E-state index in [0.29, 0.717) is 45.4 Å². The number of methoxy groups -OCH3 is 2. The second kappa shape index (κ2) is 9.53. The number of benzene rings is 2. The van der Waals surface area contributed by atoms with Gasteiger partial charge in [-0.1, -0.05) is 35.5 Å². The van der Waals surface area contributed by atoms with Crippen LogP contribution in [-0.4, -0.2) is 39.8 Å². The molecule has 0 bridgehead atoms. The number of aromatic nitrogens is 4. The number of nitrogens with zero attached hydrogens (tertiary/aromatic N) is 4. The Hall–Kier alpha value is -4.66. The Labute approximate surface area is 207 Å². The van der Waals surface area contributed by atoms with Gasteiger partial charge in [-0.3, -0.25) is 4.79 Å². The molecule has 0 radical (unpaired) electrons. The number of rotatable bonds is 7. The summed E-state index contributed by atoms with van der Waals surface area (Å²) in [6.45, 7) is 1.79. The molecule has 5 aromatic rings. The van der Waals surface area contributed by atoms with Gasteiger partial charge in [-0.25, -0.2) is 9.97 Å². The lowest BCUT2D eigenvalue weighted by atomic mass is 10.0. The number of hydrogen-bond donors (Lipinski definition) is 1. The molecular formula is C27H25N5O4. The van der Waals surface area contributed by atoms with Crippen LogP contribution in [-0.2, 0) is 7.05 Å². The molecule has 0 spiro atoms. The number of amides is 1. The fourth-order valence-corrected chi connectivity index (χ4v) is 4.19. The highest BCUT2D eigenvalue weighted by atomic mass is 16.5. The highest BCUT2D eigenvalue weighted by Gasteiger charge is 2.26. The zero-order chi connectivity index (χ0) is 25.2. The topological polar surface area (TPSA) is 104 Å². The van der Waals surface area contributed by atoms with Gasteiger partial charge < -0.3 is 23.9 Å². The standard InChI is InChI=1S/C27H25N5O4/c1-16-23-21(15-22(29-27(23)36-31-16)17-8-6-5-7-9-17)26(33)30-24(25-28-10-11-32(25)2)18-12-19(34-3)14-20(13-18)35-4/h5-15,24H,1-4H3,(H,30,33)/t24-/m0/s1. The molecule has 0 aliphatic carbocycles. The van der Waals surface area contributed by atoms with Crippen LogP contribution in [0.5, 0.6) is 11.5 Å². The molecule has 5 rings (SSSR count). The summed E-state index contributed by atoms with van der Waals surface area (Å²) in [6.07, 6.45) is 3.52. The van der Waals surface area contributed by atoms with Crippen LogP contribution in [0.3, 0.4) is 0 Å². The number of nitrogens with one attached hydrogen (secondary N) is 1. The molecule has 0 aliphatic rings. The fourth-order valence-electron chi connectivity index (χ4n) is 4.19. The Bertz CT molecular complexity index is 1520. The molecule has 0 aliphatic heterocycles. The zero-order valence-corrected chi connectivity index (χ0v) is 20.4. The van der Waals surface area contributed by atoms with Crippen molar-refractivity contribution in [3.05, 3.63) is 89.6 Å². The van der Waals surface area contributed by atoms with E-state index in [4.69, 9.17) is 14.0 Å².